The first kappa shape index (κ1) is 13.6. The Labute approximate surface area is 124 Å². The number of nitrogens with zero attached hydrogens (tertiary/aromatic N) is 3. The van der Waals surface area contributed by atoms with Crippen LogP contribution in [0.5, 0.6) is 0 Å². The van der Waals surface area contributed by atoms with Crippen LogP contribution in [0.25, 0.3) is 0 Å². The maximum Gasteiger partial charge on any atom is 0.149 e. The van der Waals surface area contributed by atoms with Gasteiger partial charge in [0, 0.05) is 18.1 Å². The fourth-order valence-electron chi connectivity index (χ4n) is 2.87. The monoisotopic (exact) mass is 290 g/mol. The fraction of sp³-hybridized carbons (Fsp3) is 0.467. The van der Waals surface area contributed by atoms with Gasteiger partial charge >= 0.3 is 0 Å². The second-order valence-corrected chi connectivity index (χ2v) is 6.04. The number of halogens is 1. The first-order valence-electron chi connectivity index (χ1n) is 6.99. The second kappa shape index (κ2) is 5.54. The molecule has 2 aromatic rings. The summed E-state index contributed by atoms with van der Waals surface area (Å²) in [5.74, 6) is 1.64. The molecule has 0 saturated heterocycles. The minimum absolute atomic E-state index is 0.235. The Morgan fingerprint density at radius 2 is 2.00 bits per heavy atom. The third-order valence-corrected chi connectivity index (χ3v) is 4.35. The summed E-state index contributed by atoms with van der Waals surface area (Å²) in [7, 11) is 1.98. The number of rotatable bonds is 4. The molecule has 1 aromatic carbocycles. The maximum absolute atomic E-state index is 5.92. The lowest BCUT2D eigenvalue weighted by Crippen LogP contribution is -2.41. The second-order valence-electron chi connectivity index (χ2n) is 5.61. The van der Waals surface area contributed by atoms with Gasteiger partial charge in [0.05, 0.1) is 6.04 Å². The van der Waals surface area contributed by atoms with Crippen LogP contribution in [0.2, 0.25) is 5.02 Å². The van der Waals surface area contributed by atoms with Crippen LogP contribution in [0.15, 0.2) is 30.6 Å². The molecule has 4 nitrogen and oxygen atoms in total. The number of nitrogens with one attached hydrogen (secondary N) is 1. The van der Waals surface area contributed by atoms with Crippen LogP contribution in [-0.4, -0.2) is 20.8 Å². The summed E-state index contributed by atoms with van der Waals surface area (Å²) in [4.78, 5) is 0. The highest BCUT2D eigenvalue weighted by molar-refractivity contribution is 6.30. The summed E-state index contributed by atoms with van der Waals surface area (Å²) in [5, 5.41) is 12.5. The van der Waals surface area contributed by atoms with Gasteiger partial charge in [0.15, 0.2) is 0 Å². The van der Waals surface area contributed by atoms with E-state index in [2.05, 4.69) is 34.6 Å². The lowest BCUT2D eigenvalue weighted by Gasteiger charge is -2.38. The first-order chi connectivity index (χ1) is 9.63. The van der Waals surface area contributed by atoms with Crippen molar-refractivity contribution < 1.29 is 0 Å². The van der Waals surface area contributed by atoms with Gasteiger partial charge in [-0.05, 0) is 43.4 Å². The first-order valence-corrected chi connectivity index (χ1v) is 7.36. The van der Waals surface area contributed by atoms with Gasteiger partial charge in [-0.1, -0.05) is 23.7 Å². The van der Waals surface area contributed by atoms with Crippen molar-refractivity contribution in [2.24, 2.45) is 7.05 Å². The van der Waals surface area contributed by atoms with Gasteiger partial charge in [0.25, 0.3) is 0 Å². The Hall–Kier alpha value is -1.39. The van der Waals surface area contributed by atoms with Crippen molar-refractivity contribution in [3.8, 4) is 0 Å². The molecular formula is C15H19ClN4. The molecule has 1 unspecified atom stereocenters. The molecule has 1 aromatic heterocycles. The van der Waals surface area contributed by atoms with E-state index in [9.17, 15) is 0 Å². The Kier molecular flexibility index (Phi) is 3.76. The summed E-state index contributed by atoms with van der Waals surface area (Å²) in [6.45, 7) is 2.14. The van der Waals surface area contributed by atoms with Crippen LogP contribution in [0.1, 0.15) is 43.1 Å². The smallest absolute Gasteiger partial charge is 0.149 e. The van der Waals surface area contributed by atoms with Crippen LogP contribution in [0, 0.1) is 0 Å². The van der Waals surface area contributed by atoms with Crippen molar-refractivity contribution in [3.63, 3.8) is 0 Å². The summed E-state index contributed by atoms with van der Waals surface area (Å²) in [6, 6.07) is 9.01. The van der Waals surface area contributed by atoms with E-state index in [0.29, 0.717) is 12.0 Å². The molecule has 0 aliphatic heterocycles. The van der Waals surface area contributed by atoms with Crippen molar-refractivity contribution in [2.75, 3.05) is 0 Å². The van der Waals surface area contributed by atoms with E-state index in [0.717, 1.165) is 10.8 Å². The molecule has 1 aliphatic rings. The van der Waals surface area contributed by atoms with Crippen LogP contribution >= 0.6 is 11.6 Å². The normalized spacial score (nSPS) is 23.4. The zero-order chi connectivity index (χ0) is 14.1. The molecular weight excluding hydrogens is 272 g/mol. The van der Waals surface area contributed by atoms with E-state index in [1.807, 2.05) is 23.7 Å². The zero-order valence-electron chi connectivity index (χ0n) is 11.8. The van der Waals surface area contributed by atoms with Crippen LogP contribution in [0.4, 0.5) is 0 Å². The molecule has 1 aliphatic carbocycles. The molecule has 106 valence electrons. The summed E-state index contributed by atoms with van der Waals surface area (Å²) in [5.41, 5.74) is 1.39. The highest BCUT2D eigenvalue weighted by Crippen LogP contribution is 2.38. The van der Waals surface area contributed by atoms with Gasteiger partial charge in [0.2, 0.25) is 0 Å². The SMILES string of the molecule is CC(NC1CC(c2ccc(Cl)cc2)C1)c1nncn1C. The molecule has 1 atom stereocenters. The molecule has 1 heterocycles. The van der Waals surface area contributed by atoms with Crippen LogP contribution in [-0.2, 0) is 7.05 Å². The van der Waals surface area contributed by atoms with Gasteiger partial charge in [-0.2, -0.15) is 0 Å². The van der Waals surface area contributed by atoms with Crippen molar-refractivity contribution in [1.82, 2.24) is 20.1 Å². The molecule has 1 fully saturated rings. The van der Waals surface area contributed by atoms with Gasteiger partial charge in [-0.25, -0.2) is 0 Å². The van der Waals surface area contributed by atoms with E-state index in [4.69, 9.17) is 11.6 Å². The van der Waals surface area contributed by atoms with Gasteiger partial charge < -0.3 is 9.88 Å². The largest absolute Gasteiger partial charge is 0.319 e. The Morgan fingerprint density at radius 3 is 2.60 bits per heavy atom. The fourth-order valence-corrected chi connectivity index (χ4v) is 3.00. The lowest BCUT2D eigenvalue weighted by atomic mass is 9.75. The molecule has 3 rings (SSSR count). The van der Waals surface area contributed by atoms with Gasteiger partial charge in [-0.15, -0.1) is 10.2 Å². The third-order valence-electron chi connectivity index (χ3n) is 4.10. The van der Waals surface area contributed by atoms with Crippen molar-refractivity contribution >= 4 is 11.6 Å². The number of hydrogen-bond acceptors (Lipinski definition) is 3. The van der Waals surface area contributed by atoms with Crippen LogP contribution in [0.3, 0.4) is 0 Å². The lowest BCUT2D eigenvalue weighted by molar-refractivity contribution is 0.266. The Bertz CT molecular complexity index is 572. The van der Waals surface area contributed by atoms with Crippen molar-refractivity contribution in [1.29, 1.82) is 0 Å². The third kappa shape index (κ3) is 2.72. The quantitative estimate of drug-likeness (QED) is 0.941. The standard InChI is InChI=1S/C15H19ClN4/c1-10(15-19-17-9-20(15)2)18-14-7-12(8-14)11-3-5-13(16)6-4-11/h3-6,9-10,12,14,18H,7-8H2,1-2H3. The zero-order valence-corrected chi connectivity index (χ0v) is 12.5. The highest BCUT2D eigenvalue weighted by atomic mass is 35.5. The molecule has 5 heteroatoms. The molecule has 0 spiro atoms. The number of aromatic nitrogens is 3. The molecule has 1 N–H and O–H groups in total. The summed E-state index contributed by atoms with van der Waals surface area (Å²) >= 11 is 5.92. The summed E-state index contributed by atoms with van der Waals surface area (Å²) in [6.07, 6.45) is 4.08. The van der Waals surface area contributed by atoms with E-state index in [1.54, 1.807) is 6.33 Å². The van der Waals surface area contributed by atoms with Crippen molar-refractivity contribution in [3.05, 3.63) is 47.0 Å². The predicted molar refractivity (Wildman–Crippen MR) is 79.8 cm³/mol. The maximum atomic E-state index is 5.92. The summed E-state index contributed by atoms with van der Waals surface area (Å²) < 4.78 is 1.97. The number of benzene rings is 1. The van der Waals surface area contributed by atoms with Gasteiger partial charge in [0.1, 0.15) is 12.2 Å². The number of aryl methyl sites for hydroxylation is 1. The van der Waals surface area contributed by atoms with Crippen LogP contribution < -0.4 is 5.32 Å². The molecule has 20 heavy (non-hydrogen) atoms. The predicted octanol–water partition coefficient (Wildman–Crippen LogP) is 3.07. The topological polar surface area (TPSA) is 42.7 Å². The van der Waals surface area contributed by atoms with Crippen molar-refractivity contribution in [2.45, 2.75) is 37.8 Å². The minimum atomic E-state index is 0.235. The molecule has 1 saturated carbocycles. The highest BCUT2D eigenvalue weighted by Gasteiger charge is 2.31. The number of hydrogen-bond donors (Lipinski definition) is 1. The van der Waals surface area contributed by atoms with E-state index < -0.39 is 0 Å². The average Bonchev–Trinajstić information content (AvgIpc) is 2.81. The Morgan fingerprint density at radius 1 is 1.30 bits per heavy atom. The van der Waals surface area contributed by atoms with E-state index >= 15 is 0 Å². The molecule has 0 bridgehead atoms. The van der Waals surface area contributed by atoms with E-state index in [1.165, 1.54) is 18.4 Å². The minimum Gasteiger partial charge on any atom is -0.319 e. The molecule has 0 radical (unpaired) electrons. The Balaban J connectivity index is 1.53. The molecule has 0 amide bonds. The average molecular weight is 291 g/mol. The van der Waals surface area contributed by atoms with E-state index in [-0.39, 0.29) is 6.04 Å². The van der Waals surface area contributed by atoms with Gasteiger partial charge in [-0.3, -0.25) is 0 Å².